The molecule has 6 heteroatoms. The van der Waals surface area contributed by atoms with Gasteiger partial charge in [-0.25, -0.2) is 0 Å². The number of aliphatic hydroxyl groups excluding tert-OH is 1. The summed E-state index contributed by atoms with van der Waals surface area (Å²) in [5, 5.41) is 15.0. The van der Waals surface area contributed by atoms with E-state index in [9.17, 15) is 9.90 Å². The maximum atomic E-state index is 11.9. The molecule has 2 N–H and O–H groups in total. The van der Waals surface area contributed by atoms with E-state index in [2.05, 4.69) is 5.32 Å². The Morgan fingerprint density at radius 3 is 2.84 bits per heavy atom. The minimum absolute atomic E-state index is 0.0669. The topological polar surface area (TPSA) is 62.5 Å². The van der Waals surface area contributed by atoms with Crippen LogP contribution in [0.1, 0.15) is 16.5 Å². The minimum Gasteiger partial charge on any atom is -0.464 e. The SMILES string of the molecule is O=C(CSCc1ccccc1)NCC(O)c1cc(-c2ccco2)cs1. The number of carbonyl (C=O) groups is 1. The zero-order valence-electron chi connectivity index (χ0n) is 13.6. The van der Waals surface area contributed by atoms with Crippen molar-refractivity contribution in [3.63, 3.8) is 0 Å². The molecule has 2 aromatic heterocycles. The Hall–Kier alpha value is -2.02. The molecule has 1 aromatic carbocycles. The Balaban J connectivity index is 1.41. The summed E-state index contributed by atoms with van der Waals surface area (Å²) < 4.78 is 5.34. The molecule has 1 atom stereocenters. The molecule has 0 saturated heterocycles. The van der Waals surface area contributed by atoms with Crippen LogP contribution in [0.2, 0.25) is 0 Å². The van der Waals surface area contributed by atoms with Crippen molar-refractivity contribution in [2.75, 3.05) is 12.3 Å². The van der Waals surface area contributed by atoms with Crippen molar-refractivity contribution in [1.82, 2.24) is 5.32 Å². The lowest BCUT2D eigenvalue weighted by atomic mass is 10.2. The first-order valence-corrected chi connectivity index (χ1v) is 9.94. The minimum atomic E-state index is -0.711. The molecule has 130 valence electrons. The van der Waals surface area contributed by atoms with E-state index in [-0.39, 0.29) is 12.5 Å². The van der Waals surface area contributed by atoms with Crippen molar-refractivity contribution in [2.24, 2.45) is 0 Å². The highest BCUT2D eigenvalue weighted by Crippen LogP contribution is 2.29. The third-order valence-corrected chi connectivity index (χ3v) is 5.63. The lowest BCUT2D eigenvalue weighted by Gasteiger charge is -2.10. The molecular formula is C19H19NO3S2. The summed E-state index contributed by atoms with van der Waals surface area (Å²) in [5.41, 5.74) is 2.14. The first-order valence-electron chi connectivity index (χ1n) is 7.91. The Kier molecular flexibility index (Phi) is 6.33. The number of amides is 1. The van der Waals surface area contributed by atoms with E-state index in [0.717, 1.165) is 22.0 Å². The van der Waals surface area contributed by atoms with Gasteiger partial charge in [-0.2, -0.15) is 0 Å². The number of benzene rings is 1. The summed E-state index contributed by atoms with van der Waals surface area (Å²) in [5.74, 6) is 1.89. The fourth-order valence-corrected chi connectivity index (χ4v) is 4.00. The molecule has 0 aliphatic rings. The molecule has 25 heavy (non-hydrogen) atoms. The van der Waals surface area contributed by atoms with Gasteiger partial charge in [0.2, 0.25) is 5.91 Å². The second-order valence-corrected chi connectivity index (χ2v) is 7.44. The number of thiophene rings is 1. The third-order valence-electron chi connectivity index (χ3n) is 3.59. The van der Waals surface area contributed by atoms with E-state index in [4.69, 9.17) is 4.42 Å². The van der Waals surface area contributed by atoms with E-state index in [1.807, 2.05) is 53.9 Å². The van der Waals surface area contributed by atoms with Crippen LogP contribution in [0.15, 0.2) is 64.6 Å². The summed E-state index contributed by atoms with van der Waals surface area (Å²) in [6, 6.07) is 15.6. The lowest BCUT2D eigenvalue weighted by molar-refractivity contribution is -0.119. The number of rotatable bonds is 8. The van der Waals surface area contributed by atoms with Crippen molar-refractivity contribution in [3.05, 3.63) is 70.6 Å². The molecule has 4 nitrogen and oxygen atoms in total. The number of aliphatic hydroxyl groups is 1. The summed E-state index contributed by atoms with van der Waals surface area (Å²) in [6.45, 7) is 0.211. The predicted octanol–water partition coefficient (Wildman–Crippen LogP) is 4.09. The largest absolute Gasteiger partial charge is 0.464 e. The zero-order chi connectivity index (χ0) is 17.5. The normalized spacial score (nSPS) is 12.0. The number of thioether (sulfide) groups is 1. The molecule has 3 rings (SSSR count). The quantitative estimate of drug-likeness (QED) is 0.624. The first kappa shape index (κ1) is 17.8. The van der Waals surface area contributed by atoms with Crippen LogP contribution in [0, 0.1) is 0 Å². The van der Waals surface area contributed by atoms with Crippen molar-refractivity contribution < 1.29 is 14.3 Å². The zero-order valence-corrected chi connectivity index (χ0v) is 15.2. The van der Waals surface area contributed by atoms with Crippen molar-refractivity contribution in [2.45, 2.75) is 11.9 Å². The number of furan rings is 1. The first-order chi connectivity index (χ1) is 12.2. The Morgan fingerprint density at radius 1 is 1.24 bits per heavy atom. The van der Waals surface area contributed by atoms with Gasteiger partial charge < -0.3 is 14.8 Å². The van der Waals surface area contributed by atoms with Gasteiger partial charge in [0.05, 0.1) is 12.0 Å². The van der Waals surface area contributed by atoms with Gasteiger partial charge >= 0.3 is 0 Å². The van der Waals surface area contributed by atoms with Gasteiger partial charge in [-0.3, -0.25) is 4.79 Å². The van der Waals surface area contributed by atoms with Crippen LogP contribution in [0.3, 0.4) is 0 Å². The number of nitrogens with one attached hydrogen (secondary N) is 1. The molecular weight excluding hydrogens is 354 g/mol. The van der Waals surface area contributed by atoms with E-state index < -0.39 is 6.10 Å². The molecule has 1 unspecified atom stereocenters. The highest BCUT2D eigenvalue weighted by atomic mass is 32.2. The smallest absolute Gasteiger partial charge is 0.230 e. The van der Waals surface area contributed by atoms with Crippen LogP contribution in [-0.2, 0) is 10.5 Å². The maximum absolute atomic E-state index is 11.9. The van der Waals surface area contributed by atoms with Crippen molar-refractivity contribution >= 4 is 29.0 Å². The van der Waals surface area contributed by atoms with Crippen LogP contribution < -0.4 is 5.32 Å². The van der Waals surface area contributed by atoms with Gasteiger partial charge in [0.25, 0.3) is 0 Å². The molecule has 2 heterocycles. The monoisotopic (exact) mass is 373 g/mol. The second kappa shape index (κ2) is 8.89. The summed E-state index contributed by atoms with van der Waals surface area (Å²) in [4.78, 5) is 12.7. The molecule has 0 radical (unpaired) electrons. The fourth-order valence-electron chi connectivity index (χ4n) is 2.30. The van der Waals surface area contributed by atoms with Crippen LogP contribution >= 0.6 is 23.1 Å². The molecule has 0 fully saturated rings. The average Bonchev–Trinajstić information content (AvgIpc) is 3.32. The summed E-state index contributed by atoms with van der Waals surface area (Å²) >= 11 is 3.02. The summed E-state index contributed by atoms with van der Waals surface area (Å²) in [6.07, 6.45) is 0.910. The van der Waals surface area contributed by atoms with E-state index in [1.165, 1.54) is 16.9 Å². The van der Waals surface area contributed by atoms with Crippen molar-refractivity contribution in [3.8, 4) is 11.3 Å². The molecule has 1 amide bonds. The second-order valence-electron chi connectivity index (χ2n) is 5.51. The number of hydrogen-bond donors (Lipinski definition) is 2. The Labute approximate surface area is 154 Å². The van der Waals surface area contributed by atoms with Gasteiger partial charge in [0.15, 0.2) is 0 Å². The summed E-state index contributed by atoms with van der Waals surface area (Å²) in [7, 11) is 0. The van der Waals surface area contributed by atoms with Crippen molar-refractivity contribution in [1.29, 1.82) is 0 Å². The number of carbonyl (C=O) groups excluding carboxylic acids is 1. The predicted molar refractivity (Wildman–Crippen MR) is 103 cm³/mol. The van der Waals surface area contributed by atoms with Gasteiger partial charge in [-0.1, -0.05) is 30.3 Å². The molecule has 0 saturated carbocycles. The van der Waals surface area contributed by atoms with E-state index in [0.29, 0.717) is 5.75 Å². The van der Waals surface area contributed by atoms with Gasteiger partial charge in [0, 0.05) is 28.1 Å². The molecule has 0 aliphatic carbocycles. The highest BCUT2D eigenvalue weighted by Gasteiger charge is 2.13. The fraction of sp³-hybridized carbons (Fsp3) is 0.211. The molecule has 3 aromatic rings. The standard InChI is InChI=1S/C19H19NO3S2/c21-16(18-9-15(12-25-18)17-7-4-8-23-17)10-20-19(22)13-24-11-14-5-2-1-3-6-14/h1-9,12,16,21H,10-11,13H2,(H,20,22). The Morgan fingerprint density at radius 2 is 2.08 bits per heavy atom. The van der Waals surface area contributed by atoms with E-state index >= 15 is 0 Å². The van der Waals surface area contributed by atoms with Crippen LogP contribution in [0.4, 0.5) is 0 Å². The third kappa shape index (κ3) is 5.22. The average molecular weight is 373 g/mol. The lowest BCUT2D eigenvalue weighted by Crippen LogP contribution is -2.29. The Bertz CT molecular complexity index is 784. The van der Waals surface area contributed by atoms with E-state index in [1.54, 1.807) is 18.0 Å². The maximum Gasteiger partial charge on any atom is 0.230 e. The van der Waals surface area contributed by atoms with Crippen LogP contribution in [0.5, 0.6) is 0 Å². The number of hydrogen-bond acceptors (Lipinski definition) is 5. The van der Waals surface area contributed by atoms with Gasteiger partial charge in [-0.05, 0) is 23.8 Å². The molecule has 0 aliphatic heterocycles. The highest BCUT2D eigenvalue weighted by molar-refractivity contribution is 7.99. The van der Waals surface area contributed by atoms with Crippen LogP contribution in [-0.4, -0.2) is 23.3 Å². The molecule has 0 spiro atoms. The van der Waals surface area contributed by atoms with Gasteiger partial charge in [-0.15, -0.1) is 23.1 Å². The molecule has 0 bridgehead atoms. The van der Waals surface area contributed by atoms with Gasteiger partial charge in [0.1, 0.15) is 11.9 Å². The van der Waals surface area contributed by atoms with Crippen LogP contribution in [0.25, 0.3) is 11.3 Å².